The molecule has 0 radical (unpaired) electrons. The Morgan fingerprint density at radius 2 is 1.40 bits per heavy atom. The highest BCUT2D eigenvalue weighted by atomic mass is 35.5. The Morgan fingerprint density at radius 1 is 0.771 bits per heavy atom. The van der Waals surface area contributed by atoms with E-state index >= 15 is 0 Å². The summed E-state index contributed by atoms with van der Waals surface area (Å²) in [5.41, 5.74) is 6.08. The van der Waals surface area contributed by atoms with Gasteiger partial charge in [-0.1, -0.05) is 96.5 Å². The minimum atomic E-state index is -0.161. The van der Waals surface area contributed by atoms with Crippen LogP contribution in [0.3, 0.4) is 0 Å². The van der Waals surface area contributed by atoms with Crippen LogP contribution in [0.1, 0.15) is 11.1 Å². The lowest BCUT2D eigenvalue weighted by Crippen LogP contribution is -2.13. The van der Waals surface area contributed by atoms with Crippen LogP contribution in [0.25, 0.3) is 33.5 Å². The van der Waals surface area contributed by atoms with E-state index in [2.05, 4.69) is 5.32 Å². The summed E-state index contributed by atoms with van der Waals surface area (Å²) in [6.45, 7) is 0. The highest BCUT2D eigenvalue weighted by Gasteiger charge is 2.13. The topological polar surface area (TPSA) is 42.0 Å². The van der Waals surface area contributed by atoms with Gasteiger partial charge in [0, 0.05) is 32.8 Å². The van der Waals surface area contributed by atoms with Gasteiger partial charge in [0.05, 0.1) is 5.69 Å². The molecule has 5 rings (SSSR count). The van der Waals surface area contributed by atoms with Crippen molar-refractivity contribution in [2.24, 2.45) is 0 Å². The maximum absolute atomic E-state index is 13.3. The molecule has 4 aromatic carbocycles. The molecule has 0 unspecified atom stereocenters. The summed E-state index contributed by atoms with van der Waals surface area (Å²) in [7, 11) is 0. The second kappa shape index (κ2) is 10.5. The Labute approximate surface area is 213 Å². The number of carbonyl (C=O) groups is 1. The van der Waals surface area contributed by atoms with Crippen LogP contribution in [-0.4, -0.2) is 10.9 Å². The Bertz CT molecular complexity index is 1460. The monoisotopic (exact) mass is 492 g/mol. The van der Waals surface area contributed by atoms with Gasteiger partial charge in [0.25, 0.3) is 5.91 Å². The van der Waals surface area contributed by atoms with Gasteiger partial charge >= 0.3 is 0 Å². The van der Waals surface area contributed by atoms with E-state index in [0.29, 0.717) is 10.6 Å². The smallest absolute Gasteiger partial charge is 0.256 e. The Balaban J connectivity index is 1.35. The van der Waals surface area contributed by atoms with Gasteiger partial charge in [-0.2, -0.15) is 0 Å². The van der Waals surface area contributed by atoms with Crippen molar-refractivity contribution in [3.05, 3.63) is 131 Å². The van der Waals surface area contributed by atoms with E-state index < -0.39 is 0 Å². The standard InChI is InChI=1S/C30H21ClN2OS/c31-25-15-11-24(12-16-25)30-33-28(20-35-30)23-13-17-26(18-14-23)32-29(34)27(22-9-5-2-6-10-22)19-21-7-3-1-4-8-21/h1-20H,(H,32,34)/b27-19-. The molecule has 3 nitrogen and oxygen atoms in total. The van der Waals surface area contributed by atoms with Gasteiger partial charge in [-0.15, -0.1) is 11.3 Å². The first-order chi connectivity index (χ1) is 17.2. The van der Waals surface area contributed by atoms with Crippen LogP contribution in [0.15, 0.2) is 115 Å². The molecule has 5 heteroatoms. The van der Waals surface area contributed by atoms with E-state index in [1.54, 1.807) is 11.3 Å². The average molecular weight is 493 g/mol. The molecule has 1 aromatic heterocycles. The predicted molar refractivity (Wildman–Crippen MR) is 147 cm³/mol. The lowest BCUT2D eigenvalue weighted by atomic mass is 10.0. The van der Waals surface area contributed by atoms with Crippen LogP contribution in [0, 0.1) is 0 Å². The van der Waals surface area contributed by atoms with Crippen LogP contribution in [0.4, 0.5) is 5.69 Å². The summed E-state index contributed by atoms with van der Waals surface area (Å²) in [4.78, 5) is 18.0. The van der Waals surface area contributed by atoms with Gasteiger partial charge in [-0.25, -0.2) is 4.98 Å². The number of carbonyl (C=O) groups excluding carboxylic acids is 1. The molecule has 170 valence electrons. The van der Waals surface area contributed by atoms with Crippen LogP contribution < -0.4 is 5.32 Å². The molecule has 0 atom stereocenters. The summed E-state index contributed by atoms with van der Waals surface area (Å²) < 4.78 is 0. The fraction of sp³-hybridized carbons (Fsp3) is 0. The first kappa shape index (κ1) is 22.8. The fourth-order valence-corrected chi connectivity index (χ4v) is 4.63. The number of nitrogens with zero attached hydrogens (tertiary/aromatic N) is 1. The molecule has 0 aliphatic rings. The minimum absolute atomic E-state index is 0.161. The van der Waals surface area contributed by atoms with E-state index in [1.807, 2.05) is 121 Å². The second-order valence-corrected chi connectivity index (χ2v) is 9.21. The first-order valence-electron chi connectivity index (χ1n) is 11.1. The van der Waals surface area contributed by atoms with Gasteiger partial charge < -0.3 is 5.32 Å². The van der Waals surface area contributed by atoms with Crippen molar-refractivity contribution >= 4 is 46.2 Å². The zero-order valence-corrected chi connectivity index (χ0v) is 20.3. The van der Waals surface area contributed by atoms with Crippen LogP contribution in [0.2, 0.25) is 5.02 Å². The molecule has 0 spiro atoms. The number of rotatable bonds is 6. The molecule has 0 aliphatic heterocycles. The lowest BCUT2D eigenvalue weighted by Gasteiger charge is -2.10. The molecule has 0 aliphatic carbocycles. The molecule has 35 heavy (non-hydrogen) atoms. The quantitative estimate of drug-likeness (QED) is 0.191. The Morgan fingerprint density at radius 3 is 2.09 bits per heavy atom. The summed E-state index contributed by atoms with van der Waals surface area (Å²) in [5.74, 6) is -0.161. The third-order valence-electron chi connectivity index (χ3n) is 5.47. The summed E-state index contributed by atoms with van der Waals surface area (Å²) in [6, 6.07) is 35.0. The maximum Gasteiger partial charge on any atom is 0.256 e. The number of aromatic nitrogens is 1. The number of thiazole rings is 1. The molecule has 1 heterocycles. The SMILES string of the molecule is O=C(Nc1ccc(-c2csc(-c3ccc(Cl)cc3)n2)cc1)/C(=C\c1ccccc1)c1ccccc1. The number of hydrogen-bond acceptors (Lipinski definition) is 3. The number of benzene rings is 4. The van der Waals surface area contributed by atoms with Crippen molar-refractivity contribution in [3.63, 3.8) is 0 Å². The second-order valence-electron chi connectivity index (χ2n) is 7.91. The van der Waals surface area contributed by atoms with Crippen molar-refractivity contribution in [3.8, 4) is 21.8 Å². The number of halogens is 1. The molecule has 0 bridgehead atoms. The highest BCUT2D eigenvalue weighted by molar-refractivity contribution is 7.13. The van der Waals surface area contributed by atoms with Crippen LogP contribution in [-0.2, 0) is 4.79 Å². The summed E-state index contributed by atoms with van der Waals surface area (Å²) in [6.07, 6.45) is 1.91. The van der Waals surface area contributed by atoms with Crippen molar-refractivity contribution < 1.29 is 4.79 Å². The normalized spacial score (nSPS) is 11.3. The van der Waals surface area contributed by atoms with Gasteiger partial charge in [-0.05, 0) is 41.5 Å². The predicted octanol–water partition coefficient (Wildman–Crippen LogP) is 8.31. The van der Waals surface area contributed by atoms with E-state index in [9.17, 15) is 4.79 Å². The van der Waals surface area contributed by atoms with Crippen LogP contribution in [0.5, 0.6) is 0 Å². The van der Waals surface area contributed by atoms with E-state index in [1.165, 1.54) is 0 Å². The van der Waals surface area contributed by atoms with Crippen LogP contribution >= 0.6 is 22.9 Å². The van der Waals surface area contributed by atoms with Crippen molar-refractivity contribution in [2.45, 2.75) is 0 Å². The zero-order valence-electron chi connectivity index (χ0n) is 18.7. The lowest BCUT2D eigenvalue weighted by molar-refractivity contribution is -0.111. The number of hydrogen-bond donors (Lipinski definition) is 1. The molecule has 5 aromatic rings. The minimum Gasteiger partial charge on any atom is -0.322 e. The fourth-order valence-electron chi connectivity index (χ4n) is 3.67. The highest BCUT2D eigenvalue weighted by Crippen LogP contribution is 2.30. The zero-order chi connectivity index (χ0) is 24.0. The number of nitrogens with one attached hydrogen (secondary N) is 1. The number of amides is 1. The first-order valence-corrected chi connectivity index (χ1v) is 12.4. The average Bonchev–Trinajstić information content (AvgIpc) is 3.39. The molecule has 0 saturated carbocycles. The Kier molecular flexibility index (Phi) is 6.85. The largest absolute Gasteiger partial charge is 0.322 e. The molecular formula is C30H21ClN2OS. The van der Waals surface area contributed by atoms with Gasteiger partial charge in [0.15, 0.2) is 0 Å². The molecule has 1 N–H and O–H groups in total. The molecule has 0 fully saturated rings. The Hall–Kier alpha value is -3.99. The van der Waals surface area contributed by atoms with Crippen molar-refractivity contribution in [1.29, 1.82) is 0 Å². The van der Waals surface area contributed by atoms with E-state index in [-0.39, 0.29) is 5.91 Å². The van der Waals surface area contributed by atoms with Gasteiger partial charge in [-0.3, -0.25) is 4.79 Å². The van der Waals surface area contributed by atoms with E-state index in [0.717, 1.165) is 38.6 Å². The van der Waals surface area contributed by atoms with Gasteiger partial charge in [0.2, 0.25) is 0 Å². The van der Waals surface area contributed by atoms with Crippen molar-refractivity contribution in [1.82, 2.24) is 4.98 Å². The van der Waals surface area contributed by atoms with Crippen molar-refractivity contribution in [2.75, 3.05) is 5.32 Å². The molecule has 1 amide bonds. The molecule has 0 saturated heterocycles. The number of anilines is 1. The maximum atomic E-state index is 13.3. The van der Waals surface area contributed by atoms with Gasteiger partial charge in [0.1, 0.15) is 5.01 Å². The molecular weight excluding hydrogens is 472 g/mol. The van der Waals surface area contributed by atoms with E-state index in [4.69, 9.17) is 16.6 Å². The third-order valence-corrected chi connectivity index (χ3v) is 6.62. The summed E-state index contributed by atoms with van der Waals surface area (Å²) in [5, 5.41) is 6.72. The third kappa shape index (κ3) is 5.57. The summed E-state index contributed by atoms with van der Waals surface area (Å²) >= 11 is 7.58.